The Kier molecular flexibility index (Phi) is 5.53. The molecule has 31 heavy (non-hydrogen) atoms. The van der Waals surface area contributed by atoms with E-state index in [2.05, 4.69) is 45.0 Å². The number of amides is 1. The van der Waals surface area contributed by atoms with Crippen LogP contribution in [0, 0.1) is 6.92 Å². The first kappa shape index (κ1) is 19.9. The van der Waals surface area contributed by atoms with Gasteiger partial charge in [0.2, 0.25) is 0 Å². The molecule has 0 unspecified atom stereocenters. The number of aryl methyl sites for hydroxylation is 1. The molecule has 1 aromatic carbocycles. The van der Waals surface area contributed by atoms with Gasteiger partial charge >= 0.3 is 0 Å². The zero-order valence-electron chi connectivity index (χ0n) is 17.4. The van der Waals surface area contributed by atoms with E-state index in [9.17, 15) is 4.79 Å². The van der Waals surface area contributed by atoms with Crippen molar-refractivity contribution >= 4 is 27.5 Å². The summed E-state index contributed by atoms with van der Waals surface area (Å²) in [4.78, 5) is 17.5. The first-order valence-electron chi connectivity index (χ1n) is 10.5. The van der Waals surface area contributed by atoms with Gasteiger partial charge in [0.25, 0.3) is 5.91 Å². The van der Waals surface area contributed by atoms with E-state index in [1.165, 1.54) is 5.56 Å². The third-order valence-electron chi connectivity index (χ3n) is 5.62. The van der Waals surface area contributed by atoms with E-state index in [0.717, 1.165) is 52.9 Å². The molecular formula is C24H24N4O2S. The summed E-state index contributed by atoms with van der Waals surface area (Å²) >= 11 is 1.69. The van der Waals surface area contributed by atoms with Crippen molar-refractivity contribution in [2.45, 2.75) is 32.3 Å². The molecule has 3 aromatic heterocycles. The predicted molar refractivity (Wildman–Crippen MR) is 122 cm³/mol. The number of benzene rings is 1. The van der Waals surface area contributed by atoms with E-state index in [-0.39, 0.29) is 12.0 Å². The lowest BCUT2D eigenvalue weighted by Gasteiger charge is -2.12. The molecule has 1 N–H and O–H groups in total. The van der Waals surface area contributed by atoms with Crippen LogP contribution in [0.15, 0.2) is 54.2 Å². The number of rotatable bonds is 6. The summed E-state index contributed by atoms with van der Waals surface area (Å²) in [5, 5.41) is 9.38. The SMILES string of the molecule is Cc1csc2c(Cc3ccc(-n4cccn4)cc3)cc(C(=O)NC[C@H]3CCCO3)nc12. The van der Waals surface area contributed by atoms with Crippen LogP contribution in [0.3, 0.4) is 0 Å². The molecule has 0 bridgehead atoms. The highest BCUT2D eigenvalue weighted by Gasteiger charge is 2.19. The van der Waals surface area contributed by atoms with Crippen LogP contribution in [-0.4, -0.2) is 39.9 Å². The van der Waals surface area contributed by atoms with Crippen LogP contribution >= 0.6 is 11.3 Å². The van der Waals surface area contributed by atoms with Gasteiger partial charge in [0.05, 0.1) is 22.0 Å². The maximum absolute atomic E-state index is 12.8. The Balaban J connectivity index is 1.40. The molecule has 1 fully saturated rings. The third kappa shape index (κ3) is 4.24. The van der Waals surface area contributed by atoms with Crippen molar-refractivity contribution < 1.29 is 9.53 Å². The molecule has 5 rings (SSSR count). The molecule has 7 heteroatoms. The quantitative estimate of drug-likeness (QED) is 0.494. The van der Waals surface area contributed by atoms with Gasteiger partial charge in [-0.1, -0.05) is 12.1 Å². The first-order valence-corrected chi connectivity index (χ1v) is 11.4. The lowest BCUT2D eigenvalue weighted by Crippen LogP contribution is -2.32. The standard InChI is InChI=1S/C24H24N4O2S/c1-16-15-31-23-18(12-17-5-7-19(8-6-17)28-10-3-9-26-28)13-21(27-22(16)23)24(29)25-14-20-4-2-11-30-20/h3,5-10,13,15,20H,2,4,11-12,14H2,1H3,(H,25,29)/t20-/m1/s1. The number of hydrogen-bond donors (Lipinski definition) is 1. The normalized spacial score (nSPS) is 16.1. The highest BCUT2D eigenvalue weighted by atomic mass is 32.1. The topological polar surface area (TPSA) is 69.0 Å². The summed E-state index contributed by atoms with van der Waals surface area (Å²) in [5.41, 5.74) is 5.81. The van der Waals surface area contributed by atoms with Crippen LogP contribution in [0.4, 0.5) is 0 Å². The third-order valence-corrected chi connectivity index (χ3v) is 6.79. The molecule has 1 atom stereocenters. The maximum Gasteiger partial charge on any atom is 0.270 e. The fourth-order valence-corrected chi connectivity index (χ4v) is 4.95. The predicted octanol–water partition coefficient (Wildman–Crippen LogP) is 4.29. The van der Waals surface area contributed by atoms with Gasteiger partial charge < -0.3 is 10.1 Å². The smallest absolute Gasteiger partial charge is 0.270 e. The van der Waals surface area contributed by atoms with Crippen LogP contribution in [0.1, 0.15) is 40.0 Å². The Morgan fingerprint density at radius 3 is 2.94 bits per heavy atom. The van der Waals surface area contributed by atoms with Crippen LogP contribution in [-0.2, 0) is 11.2 Å². The number of thiophene rings is 1. The second-order valence-electron chi connectivity index (χ2n) is 7.90. The van der Waals surface area contributed by atoms with Gasteiger partial charge in [0.15, 0.2) is 0 Å². The fourth-order valence-electron chi connectivity index (χ4n) is 3.95. The lowest BCUT2D eigenvalue weighted by atomic mass is 10.0. The number of carbonyl (C=O) groups excluding carboxylic acids is 1. The van der Waals surface area contributed by atoms with E-state index >= 15 is 0 Å². The van der Waals surface area contributed by atoms with Crippen LogP contribution in [0.2, 0.25) is 0 Å². The molecule has 0 saturated carbocycles. The number of hydrogen-bond acceptors (Lipinski definition) is 5. The molecule has 0 spiro atoms. The molecule has 1 saturated heterocycles. The molecule has 6 nitrogen and oxygen atoms in total. The summed E-state index contributed by atoms with van der Waals surface area (Å²) in [6, 6.07) is 12.2. The molecule has 1 aliphatic heterocycles. The zero-order valence-corrected chi connectivity index (χ0v) is 18.2. The summed E-state index contributed by atoms with van der Waals surface area (Å²) in [7, 11) is 0. The van der Waals surface area contributed by atoms with Crippen molar-refractivity contribution in [2.75, 3.05) is 13.2 Å². The molecule has 0 aliphatic carbocycles. The van der Waals surface area contributed by atoms with E-state index in [0.29, 0.717) is 12.2 Å². The Morgan fingerprint density at radius 1 is 1.32 bits per heavy atom. The second kappa shape index (κ2) is 8.61. The number of nitrogens with one attached hydrogen (secondary N) is 1. The Labute approximate surface area is 184 Å². The lowest BCUT2D eigenvalue weighted by molar-refractivity contribution is 0.0854. The summed E-state index contributed by atoms with van der Waals surface area (Å²) in [6.07, 6.45) is 6.61. The van der Waals surface area contributed by atoms with E-state index < -0.39 is 0 Å². The number of ether oxygens (including phenoxy) is 1. The van der Waals surface area contributed by atoms with Crippen LogP contribution in [0.5, 0.6) is 0 Å². The largest absolute Gasteiger partial charge is 0.376 e. The van der Waals surface area contributed by atoms with Gasteiger partial charge in [-0.15, -0.1) is 11.3 Å². The summed E-state index contributed by atoms with van der Waals surface area (Å²) < 4.78 is 8.60. The number of pyridine rings is 1. The van der Waals surface area contributed by atoms with Gasteiger partial charge in [0, 0.05) is 25.5 Å². The molecule has 4 aromatic rings. The van der Waals surface area contributed by atoms with Gasteiger partial charge in [-0.25, -0.2) is 9.67 Å². The summed E-state index contributed by atoms with van der Waals surface area (Å²) in [6.45, 7) is 3.36. The first-order chi connectivity index (χ1) is 15.2. The second-order valence-corrected chi connectivity index (χ2v) is 8.78. The van der Waals surface area contributed by atoms with Crippen molar-refractivity contribution in [1.29, 1.82) is 0 Å². The Hall–Kier alpha value is -3.03. The summed E-state index contributed by atoms with van der Waals surface area (Å²) in [5.74, 6) is -0.140. The number of fused-ring (bicyclic) bond motifs is 1. The Bertz CT molecular complexity index is 1190. The Morgan fingerprint density at radius 2 is 2.19 bits per heavy atom. The van der Waals surface area contributed by atoms with Crippen LogP contribution < -0.4 is 5.32 Å². The minimum atomic E-state index is -0.140. The van der Waals surface area contributed by atoms with Gasteiger partial charge in [0.1, 0.15) is 5.69 Å². The highest BCUT2D eigenvalue weighted by Crippen LogP contribution is 2.29. The maximum atomic E-state index is 12.8. The minimum Gasteiger partial charge on any atom is -0.376 e. The van der Waals surface area contributed by atoms with Crippen LogP contribution in [0.25, 0.3) is 15.9 Å². The van der Waals surface area contributed by atoms with Crippen molar-refractivity contribution in [3.05, 3.63) is 76.6 Å². The molecule has 1 aliphatic rings. The van der Waals surface area contributed by atoms with Gasteiger partial charge in [-0.05, 0) is 72.5 Å². The fraction of sp³-hybridized carbons (Fsp3) is 0.292. The van der Waals surface area contributed by atoms with Gasteiger partial charge in [-0.2, -0.15) is 5.10 Å². The van der Waals surface area contributed by atoms with Crippen molar-refractivity contribution in [3.63, 3.8) is 0 Å². The molecule has 1 amide bonds. The van der Waals surface area contributed by atoms with Crippen molar-refractivity contribution in [3.8, 4) is 5.69 Å². The monoisotopic (exact) mass is 432 g/mol. The molecule has 4 heterocycles. The minimum absolute atomic E-state index is 0.114. The number of aromatic nitrogens is 3. The number of nitrogens with zero attached hydrogens (tertiary/aromatic N) is 3. The highest BCUT2D eigenvalue weighted by molar-refractivity contribution is 7.17. The van der Waals surface area contributed by atoms with Crippen molar-refractivity contribution in [2.24, 2.45) is 0 Å². The van der Waals surface area contributed by atoms with Crippen molar-refractivity contribution in [1.82, 2.24) is 20.1 Å². The molecule has 158 valence electrons. The zero-order chi connectivity index (χ0) is 21.2. The average Bonchev–Trinajstić information content (AvgIpc) is 3.56. The molecular weight excluding hydrogens is 408 g/mol. The number of carbonyl (C=O) groups is 1. The molecule has 0 radical (unpaired) electrons. The van der Waals surface area contributed by atoms with E-state index in [1.54, 1.807) is 17.5 Å². The van der Waals surface area contributed by atoms with E-state index in [1.807, 2.05) is 29.9 Å². The van der Waals surface area contributed by atoms with E-state index in [4.69, 9.17) is 4.74 Å². The van der Waals surface area contributed by atoms with Gasteiger partial charge in [-0.3, -0.25) is 4.79 Å². The average molecular weight is 433 g/mol.